The molecule has 312 valence electrons. The van der Waals surface area contributed by atoms with Gasteiger partial charge in [0.05, 0.1) is 22.9 Å². The van der Waals surface area contributed by atoms with Gasteiger partial charge in [0.25, 0.3) is 0 Å². The van der Waals surface area contributed by atoms with E-state index in [0.717, 1.165) is 24.3 Å². The van der Waals surface area contributed by atoms with Gasteiger partial charge in [0.1, 0.15) is 20.2 Å². The SMILES string of the molecule is O=S(=O)([O-])c1cc(Nc2nc(NCC(O)O)nc(Nc3ccccc3)n2)ccc1C=Cc1ccc(Nc2nc(NCC(O)O)nc(Nc3ccccc3)n2)cc1S(=O)(=O)[O-].[Na+].[Na+]. The van der Waals surface area contributed by atoms with Gasteiger partial charge in [-0.05, 0) is 59.7 Å². The third kappa shape index (κ3) is 14.9. The Morgan fingerprint density at radius 2 is 0.774 bits per heavy atom. The molecule has 0 fully saturated rings. The molecule has 2 heterocycles. The van der Waals surface area contributed by atoms with Crippen LogP contribution in [0.5, 0.6) is 0 Å². The number of nitrogens with zero attached hydrogens (tertiary/aromatic N) is 6. The van der Waals surface area contributed by atoms with E-state index in [0.29, 0.717) is 11.4 Å². The molecule has 0 aliphatic heterocycles. The Labute approximate surface area is 398 Å². The first-order chi connectivity index (χ1) is 28.6. The van der Waals surface area contributed by atoms with Crippen LogP contribution in [0.1, 0.15) is 11.1 Å². The zero-order valence-corrected chi connectivity index (χ0v) is 38.3. The van der Waals surface area contributed by atoms with Gasteiger partial charge in [-0.3, -0.25) is 0 Å². The number of aliphatic hydroxyl groups excluding tert-OH is 2. The van der Waals surface area contributed by atoms with Crippen molar-refractivity contribution in [3.63, 3.8) is 0 Å². The Hall–Kier alpha value is -4.90. The average Bonchev–Trinajstić information content (AvgIpc) is 3.19. The van der Waals surface area contributed by atoms with Gasteiger partial charge < -0.3 is 61.4 Å². The first-order valence-corrected chi connectivity index (χ1v) is 20.2. The third-order valence-electron chi connectivity index (χ3n) is 7.74. The predicted octanol–water partition coefficient (Wildman–Crippen LogP) is -3.54. The summed E-state index contributed by atoms with van der Waals surface area (Å²) in [6.07, 6.45) is -1.20. The van der Waals surface area contributed by atoms with Gasteiger partial charge in [0.2, 0.25) is 35.7 Å². The predicted molar refractivity (Wildman–Crippen MR) is 217 cm³/mol. The van der Waals surface area contributed by atoms with Crippen molar-refractivity contribution in [3.8, 4) is 0 Å². The molecule has 2 aromatic heterocycles. The number of para-hydroxylation sites is 2. The van der Waals surface area contributed by atoms with E-state index < -0.39 is 42.6 Å². The Bertz CT molecular complexity index is 2530. The molecule has 0 radical (unpaired) electrons. The number of hydrogen-bond acceptors (Lipinski definition) is 22. The molecule has 0 bridgehead atoms. The van der Waals surface area contributed by atoms with Gasteiger partial charge >= 0.3 is 59.1 Å². The summed E-state index contributed by atoms with van der Waals surface area (Å²) in [5.41, 5.74) is 0.964. The van der Waals surface area contributed by atoms with Crippen LogP contribution in [0.4, 0.5) is 58.4 Å². The molecule has 0 aliphatic rings. The molecule has 6 aromatic rings. The Balaban J connectivity index is 0.00000422. The van der Waals surface area contributed by atoms with Crippen molar-refractivity contribution in [3.05, 3.63) is 108 Å². The number of benzene rings is 4. The van der Waals surface area contributed by atoms with Gasteiger partial charge in [-0.1, -0.05) is 60.7 Å². The standard InChI is InChI=1S/C36H36N12O10S2.2Na/c49-29(50)19-37-31-43-33(39-23-7-3-1-4-8-23)47-35(45-31)41-25-15-13-21(27(17-25)59(53,54)55)11-12-22-14-16-26(18-28(22)60(56,57)58)42-36-46-32(38-20-30(51)52)44-34(48-36)40-24-9-5-2-6-10-24;;/h1-18,29-30,49-52H,19-20H2,(H,53,54,55)(H,56,57,58)(H3,37,39,41,43,45,47)(H3,38,40,42,44,46,48);;/q;2*+1/p-2. The number of nitrogens with one attached hydrogen (secondary N) is 6. The quantitative estimate of drug-likeness (QED) is 0.0173. The number of aliphatic hydroxyl groups is 4. The maximum atomic E-state index is 12.5. The fourth-order valence-corrected chi connectivity index (χ4v) is 6.56. The van der Waals surface area contributed by atoms with Gasteiger partial charge in [-0.2, -0.15) is 29.9 Å². The van der Waals surface area contributed by atoms with Crippen LogP contribution in [-0.4, -0.2) is 102 Å². The van der Waals surface area contributed by atoms with Crippen LogP contribution in [0.25, 0.3) is 12.2 Å². The molecule has 62 heavy (non-hydrogen) atoms. The largest absolute Gasteiger partial charge is 1.00 e. The summed E-state index contributed by atoms with van der Waals surface area (Å²) < 4.78 is 74.8. The van der Waals surface area contributed by atoms with Crippen molar-refractivity contribution in [2.75, 3.05) is 45.0 Å². The molecule has 0 unspecified atom stereocenters. The number of hydrogen-bond donors (Lipinski definition) is 10. The maximum Gasteiger partial charge on any atom is 1.00 e. The van der Waals surface area contributed by atoms with Crippen LogP contribution in [0.2, 0.25) is 0 Å². The van der Waals surface area contributed by atoms with Crippen LogP contribution in [0, 0.1) is 0 Å². The Kier molecular flexibility index (Phi) is 18.0. The molecule has 0 aliphatic carbocycles. The third-order valence-corrected chi connectivity index (χ3v) is 9.52. The van der Waals surface area contributed by atoms with Crippen LogP contribution in [0.3, 0.4) is 0 Å². The van der Waals surface area contributed by atoms with Crippen molar-refractivity contribution in [2.45, 2.75) is 22.4 Å². The van der Waals surface area contributed by atoms with E-state index in [4.69, 9.17) is 0 Å². The minimum Gasteiger partial charge on any atom is -0.744 e. The van der Waals surface area contributed by atoms with Gasteiger partial charge in [-0.25, -0.2) is 16.8 Å². The first-order valence-electron chi connectivity index (χ1n) is 17.4. The van der Waals surface area contributed by atoms with Crippen LogP contribution in [0.15, 0.2) is 107 Å². The Morgan fingerprint density at radius 3 is 1.08 bits per heavy atom. The van der Waals surface area contributed by atoms with E-state index in [2.05, 4.69) is 61.8 Å². The second kappa shape index (κ2) is 22.5. The summed E-state index contributed by atoms with van der Waals surface area (Å²) >= 11 is 0. The van der Waals surface area contributed by atoms with Crippen molar-refractivity contribution >= 4 is 90.8 Å². The van der Waals surface area contributed by atoms with Gasteiger partial charge in [0.15, 0.2) is 12.6 Å². The van der Waals surface area contributed by atoms with Crippen molar-refractivity contribution in [1.29, 1.82) is 0 Å². The minimum atomic E-state index is -5.17. The molecule has 26 heteroatoms. The Morgan fingerprint density at radius 1 is 0.468 bits per heavy atom. The maximum absolute atomic E-state index is 12.5. The zero-order valence-electron chi connectivity index (χ0n) is 32.7. The van der Waals surface area contributed by atoms with Crippen molar-refractivity contribution < 1.29 is 105 Å². The number of rotatable bonds is 18. The van der Waals surface area contributed by atoms with Crippen LogP contribution in [-0.2, 0) is 20.2 Å². The van der Waals surface area contributed by atoms with Gasteiger partial charge in [-0.15, -0.1) is 0 Å². The minimum absolute atomic E-state index is 0. The van der Waals surface area contributed by atoms with Gasteiger partial charge in [0, 0.05) is 22.7 Å². The summed E-state index contributed by atoms with van der Waals surface area (Å²) in [7, 11) is -10.3. The fraction of sp³-hybridized carbons (Fsp3) is 0.111. The fourth-order valence-electron chi connectivity index (χ4n) is 5.17. The van der Waals surface area contributed by atoms with E-state index in [1.54, 1.807) is 60.7 Å². The normalized spacial score (nSPS) is 11.4. The van der Waals surface area contributed by atoms with Crippen molar-refractivity contribution in [2.24, 2.45) is 0 Å². The first kappa shape index (κ1) is 49.8. The van der Waals surface area contributed by atoms with Crippen molar-refractivity contribution in [1.82, 2.24) is 29.9 Å². The van der Waals surface area contributed by atoms with E-state index in [1.807, 2.05) is 0 Å². The monoisotopic (exact) mass is 904 g/mol. The topological polar surface area (TPSA) is 345 Å². The molecule has 6 rings (SSSR count). The second-order valence-electron chi connectivity index (χ2n) is 12.3. The van der Waals surface area contributed by atoms with Crippen LogP contribution < -0.4 is 91.0 Å². The molecule has 0 spiro atoms. The van der Waals surface area contributed by atoms with E-state index in [-0.39, 0.29) is 130 Å². The van der Waals surface area contributed by atoms with E-state index in [9.17, 15) is 46.4 Å². The molecule has 0 amide bonds. The molecule has 0 saturated heterocycles. The molecule has 0 saturated carbocycles. The molecular formula is C36H34N12Na2O10S2. The van der Waals surface area contributed by atoms with E-state index in [1.165, 1.54) is 24.3 Å². The smallest absolute Gasteiger partial charge is 0.744 e. The zero-order chi connectivity index (χ0) is 42.9. The number of anilines is 10. The number of aromatic nitrogens is 6. The summed E-state index contributed by atoms with van der Waals surface area (Å²) in [4.78, 5) is 23.8. The summed E-state index contributed by atoms with van der Waals surface area (Å²) in [5.74, 6) is -0.388. The summed E-state index contributed by atoms with van der Waals surface area (Å²) in [6, 6.07) is 24.9. The van der Waals surface area contributed by atoms with Crippen LogP contribution >= 0.6 is 0 Å². The summed E-state index contributed by atoms with van der Waals surface area (Å²) in [6.45, 7) is -0.682. The second-order valence-corrected chi connectivity index (χ2v) is 15.0. The molecule has 0 atom stereocenters. The van der Waals surface area contributed by atoms with E-state index >= 15 is 0 Å². The average molecular weight is 905 g/mol. The molecule has 22 nitrogen and oxygen atoms in total. The molecular weight excluding hydrogens is 871 g/mol. The summed E-state index contributed by atoms with van der Waals surface area (Å²) in [5, 5.41) is 54.0. The molecule has 4 aromatic carbocycles. The molecule has 10 N–H and O–H groups in total.